The lowest BCUT2D eigenvalue weighted by molar-refractivity contribution is -0.129. The topological polar surface area (TPSA) is 66.8 Å². The molecule has 0 spiro atoms. The van der Waals surface area contributed by atoms with Crippen LogP contribution in [0.5, 0.6) is 0 Å². The van der Waals surface area contributed by atoms with E-state index in [9.17, 15) is 14.7 Å². The molecule has 0 aromatic rings. The molecule has 0 aromatic carbocycles. The second-order valence-corrected chi connectivity index (χ2v) is 5.87. The van der Waals surface area contributed by atoms with Crippen molar-refractivity contribution in [3.63, 3.8) is 0 Å². The molecule has 1 saturated heterocycles. The molecule has 0 unspecified atom stereocenters. The fourth-order valence-electron chi connectivity index (χ4n) is 2.59. The maximum Gasteiger partial charge on any atom is 0.411 e. The van der Waals surface area contributed by atoms with E-state index in [4.69, 9.17) is 4.74 Å². The first-order valence-electron chi connectivity index (χ1n) is 6.62. The largest absolute Gasteiger partial charge is 0.438 e. The molecule has 1 N–H and O–H groups in total. The van der Waals surface area contributed by atoms with Crippen LogP contribution in [0.2, 0.25) is 0 Å². The van der Waals surface area contributed by atoms with Gasteiger partial charge in [-0.25, -0.2) is 4.79 Å². The number of rotatable bonds is 7. The normalized spacial score (nSPS) is 28.4. The molecular formula is C13H22BrNO4. The van der Waals surface area contributed by atoms with E-state index in [0.29, 0.717) is 13.0 Å². The van der Waals surface area contributed by atoms with Crippen LogP contribution in [0.25, 0.3) is 0 Å². The van der Waals surface area contributed by atoms with Crippen molar-refractivity contribution < 1.29 is 19.4 Å². The molecule has 0 aliphatic carbocycles. The van der Waals surface area contributed by atoms with Crippen LogP contribution in [0.4, 0.5) is 4.79 Å². The number of halogens is 1. The van der Waals surface area contributed by atoms with Gasteiger partial charge >= 0.3 is 6.09 Å². The predicted octanol–water partition coefficient (Wildman–Crippen LogP) is 2.10. The number of ether oxygens (including phenoxy) is 1. The van der Waals surface area contributed by atoms with Crippen molar-refractivity contribution in [1.82, 2.24) is 4.90 Å². The number of ketones is 1. The summed E-state index contributed by atoms with van der Waals surface area (Å²) in [4.78, 5) is 25.3. The molecule has 3 atom stereocenters. The quantitative estimate of drug-likeness (QED) is 0.571. The number of amides is 1. The maximum atomic E-state index is 11.9. The van der Waals surface area contributed by atoms with E-state index in [1.807, 2.05) is 0 Å². The summed E-state index contributed by atoms with van der Waals surface area (Å²) in [5.74, 6) is -0.153. The Morgan fingerprint density at radius 1 is 1.58 bits per heavy atom. The number of alkyl halides is 1. The summed E-state index contributed by atoms with van der Waals surface area (Å²) in [6, 6.07) is -0.703. The fraction of sp³-hybridized carbons (Fsp3) is 0.846. The summed E-state index contributed by atoms with van der Waals surface area (Å²) in [5.41, 5.74) is -1.15. The minimum atomic E-state index is -1.15. The Balaban J connectivity index is 2.92. The lowest BCUT2D eigenvalue weighted by Crippen LogP contribution is -2.54. The van der Waals surface area contributed by atoms with Crippen LogP contribution in [0.3, 0.4) is 0 Å². The third-order valence-electron chi connectivity index (χ3n) is 3.61. The first kappa shape index (κ1) is 16.4. The van der Waals surface area contributed by atoms with Crippen molar-refractivity contribution in [1.29, 1.82) is 0 Å². The SMILES string of the molecule is CC[C@@H](O)[C@@]1(C)OC(=O)N(CCCCBr)[C@@H]1C(C)=O. The lowest BCUT2D eigenvalue weighted by Gasteiger charge is -2.33. The van der Waals surface area contributed by atoms with Crippen LogP contribution < -0.4 is 0 Å². The molecule has 1 amide bonds. The number of hydrogen-bond acceptors (Lipinski definition) is 4. The molecule has 0 radical (unpaired) electrons. The number of hydrogen-bond donors (Lipinski definition) is 1. The standard InChI is InChI=1S/C13H22BrNO4/c1-4-10(17)13(3)11(9(2)16)15(12(18)19-13)8-6-5-7-14/h10-11,17H,4-8H2,1-3H3/t10-,11-,13-/m1/s1. The van der Waals surface area contributed by atoms with Crippen molar-refractivity contribution in [3.8, 4) is 0 Å². The molecule has 19 heavy (non-hydrogen) atoms. The number of carbonyl (C=O) groups excluding carboxylic acids is 2. The third-order valence-corrected chi connectivity index (χ3v) is 4.17. The number of carbonyl (C=O) groups is 2. The number of aliphatic hydroxyl groups excluding tert-OH is 1. The predicted molar refractivity (Wildman–Crippen MR) is 75.4 cm³/mol. The van der Waals surface area contributed by atoms with Gasteiger partial charge in [0.1, 0.15) is 6.04 Å². The number of cyclic esters (lactones) is 1. The summed E-state index contributed by atoms with van der Waals surface area (Å²) in [7, 11) is 0. The second-order valence-electron chi connectivity index (χ2n) is 5.08. The molecule has 1 aliphatic rings. The second kappa shape index (κ2) is 6.70. The van der Waals surface area contributed by atoms with Crippen molar-refractivity contribution in [2.24, 2.45) is 0 Å². The first-order chi connectivity index (χ1) is 8.88. The molecule has 6 heteroatoms. The molecule has 1 fully saturated rings. The molecule has 0 bridgehead atoms. The van der Waals surface area contributed by atoms with Crippen molar-refractivity contribution in [2.45, 2.75) is 57.8 Å². The van der Waals surface area contributed by atoms with Gasteiger partial charge in [-0.2, -0.15) is 0 Å². The van der Waals surface area contributed by atoms with E-state index in [2.05, 4.69) is 15.9 Å². The number of aliphatic hydroxyl groups is 1. The zero-order chi connectivity index (χ0) is 14.6. The highest BCUT2D eigenvalue weighted by molar-refractivity contribution is 9.09. The number of unbranched alkanes of at least 4 members (excludes halogenated alkanes) is 1. The molecule has 0 aromatic heterocycles. The minimum Gasteiger partial charge on any atom is -0.438 e. The molecule has 5 nitrogen and oxygen atoms in total. The summed E-state index contributed by atoms with van der Waals surface area (Å²) < 4.78 is 5.32. The zero-order valence-corrected chi connectivity index (χ0v) is 13.3. The van der Waals surface area contributed by atoms with Crippen LogP contribution in [0.1, 0.15) is 40.0 Å². The van der Waals surface area contributed by atoms with Gasteiger partial charge in [0.05, 0.1) is 6.10 Å². The van der Waals surface area contributed by atoms with E-state index < -0.39 is 23.8 Å². The van der Waals surface area contributed by atoms with Crippen LogP contribution >= 0.6 is 15.9 Å². The van der Waals surface area contributed by atoms with Gasteiger partial charge in [-0.3, -0.25) is 9.69 Å². The molecule has 110 valence electrons. The van der Waals surface area contributed by atoms with E-state index in [1.165, 1.54) is 11.8 Å². The molecule has 1 aliphatic heterocycles. The minimum absolute atomic E-state index is 0.153. The Labute approximate surface area is 122 Å². The lowest BCUT2D eigenvalue weighted by atomic mass is 9.86. The van der Waals surface area contributed by atoms with Gasteiger partial charge in [-0.1, -0.05) is 22.9 Å². The Morgan fingerprint density at radius 3 is 2.68 bits per heavy atom. The van der Waals surface area contributed by atoms with Crippen LogP contribution in [-0.2, 0) is 9.53 Å². The van der Waals surface area contributed by atoms with Crippen molar-refractivity contribution in [2.75, 3.05) is 11.9 Å². The summed E-state index contributed by atoms with van der Waals surface area (Å²) in [6.45, 7) is 5.34. The van der Waals surface area contributed by atoms with Gasteiger partial charge in [0.25, 0.3) is 0 Å². The van der Waals surface area contributed by atoms with Gasteiger partial charge in [0.2, 0.25) is 0 Å². The zero-order valence-electron chi connectivity index (χ0n) is 11.7. The van der Waals surface area contributed by atoms with E-state index in [0.717, 1.165) is 18.2 Å². The monoisotopic (exact) mass is 335 g/mol. The maximum absolute atomic E-state index is 11.9. The smallest absolute Gasteiger partial charge is 0.411 e. The molecular weight excluding hydrogens is 314 g/mol. The Kier molecular flexibility index (Phi) is 5.80. The molecule has 0 saturated carbocycles. The van der Waals surface area contributed by atoms with Crippen molar-refractivity contribution >= 4 is 27.8 Å². The Hall–Kier alpha value is -0.620. The highest BCUT2D eigenvalue weighted by Gasteiger charge is 2.56. The van der Waals surface area contributed by atoms with Gasteiger partial charge in [0.15, 0.2) is 11.4 Å². The van der Waals surface area contributed by atoms with E-state index in [1.54, 1.807) is 13.8 Å². The van der Waals surface area contributed by atoms with E-state index >= 15 is 0 Å². The highest BCUT2D eigenvalue weighted by Crippen LogP contribution is 2.34. The van der Waals surface area contributed by atoms with Gasteiger partial charge < -0.3 is 9.84 Å². The van der Waals surface area contributed by atoms with Crippen molar-refractivity contribution in [3.05, 3.63) is 0 Å². The average molecular weight is 336 g/mol. The van der Waals surface area contributed by atoms with Crippen LogP contribution in [0.15, 0.2) is 0 Å². The fourth-order valence-corrected chi connectivity index (χ4v) is 2.99. The average Bonchev–Trinajstić information content (AvgIpc) is 2.61. The summed E-state index contributed by atoms with van der Waals surface area (Å²) in [6.07, 6.45) is 0.795. The first-order valence-corrected chi connectivity index (χ1v) is 7.74. The molecule has 1 rings (SSSR count). The van der Waals surface area contributed by atoms with Gasteiger partial charge in [-0.15, -0.1) is 0 Å². The third kappa shape index (κ3) is 3.28. The van der Waals surface area contributed by atoms with E-state index in [-0.39, 0.29) is 5.78 Å². The van der Waals surface area contributed by atoms with Crippen LogP contribution in [0, 0.1) is 0 Å². The summed E-state index contributed by atoms with van der Waals surface area (Å²) >= 11 is 3.33. The molecule has 1 heterocycles. The summed E-state index contributed by atoms with van der Waals surface area (Å²) in [5, 5.41) is 10.9. The van der Waals surface area contributed by atoms with Gasteiger partial charge in [0, 0.05) is 11.9 Å². The van der Waals surface area contributed by atoms with Gasteiger partial charge in [-0.05, 0) is 33.1 Å². The number of Topliss-reactive ketones (excluding diaryl/α,β-unsaturated/α-hetero) is 1. The Morgan fingerprint density at radius 2 is 2.21 bits per heavy atom. The van der Waals surface area contributed by atoms with Crippen LogP contribution in [-0.4, -0.2) is 51.5 Å². The number of nitrogens with zero attached hydrogens (tertiary/aromatic N) is 1. The highest BCUT2D eigenvalue weighted by atomic mass is 79.9. The Bertz CT molecular complexity index is 350.